The van der Waals surface area contributed by atoms with Crippen molar-refractivity contribution in [2.75, 3.05) is 7.11 Å². The number of aliphatic carboxylic acids is 1. The van der Waals surface area contributed by atoms with Crippen molar-refractivity contribution in [3.8, 4) is 17.2 Å². The van der Waals surface area contributed by atoms with Gasteiger partial charge in [-0.25, -0.2) is 0 Å². The largest absolute Gasteiger partial charge is 0.493 e. The topological polar surface area (TPSA) is 115 Å². The Hall–Kier alpha value is -3.55. The highest BCUT2D eigenvalue weighted by molar-refractivity contribution is 5.85. The van der Waals surface area contributed by atoms with Crippen LogP contribution in [0.4, 0.5) is 5.69 Å². The highest BCUT2D eigenvalue weighted by Crippen LogP contribution is 2.39. The van der Waals surface area contributed by atoms with E-state index in [1.807, 2.05) is 13.0 Å². The van der Waals surface area contributed by atoms with E-state index >= 15 is 0 Å². The van der Waals surface area contributed by atoms with Crippen molar-refractivity contribution in [1.29, 1.82) is 0 Å². The third-order valence-corrected chi connectivity index (χ3v) is 3.83. The van der Waals surface area contributed by atoms with Gasteiger partial charge in [0.05, 0.1) is 24.0 Å². The van der Waals surface area contributed by atoms with Crippen LogP contribution in [-0.2, 0) is 11.2 Å². The monoisotopic (exact) mass is 356 g/mol. The quantitative estimate of drug-likeness (QED) is 0.512. The van der Waals surface area contributed by atoms with Crippen molar-refractivity contribution in [2.24, 2.45) is 0 Å². The number of nitrogens with zero attached hydrogens (tertiary/aromatic N) is 1. The minimum absolute atomic E-state index is 0.0748. The van der Waals surface area contributed by atoms with Crippen LogP contribution < -0.4 is 9.47 Å². The van der Waals surface area contributed by atoms with E-state index in [1.165, 1.54) is 25.3 Å². The van der Waals surface area contributed by atoms with Crippen LogP contribution in [0.2, 0.25) is 0 Å². The number of nitro benzene ring substituents is 1. The van der Waals surface area contributed by atoms with Crippen LogP contribution in [0.25, 0.3) is 10.9 Å². The van der Waals surface area contributed by atoms with Gasteiger partial charge >= 0.3 is 11.7 Å². The summed E-state index contributed by atoms with van der Waals surface area (Å²) in [6.07, 6.45) is -0.161. The smallest absolute Gasteiger partial charge is 0.313 e. The lowest BCUT2D eigenvalue weighted by Gasteiger charge is -2.12. The van der Waals surface area contributed by atoms with Gasteiger partial charge in [0.25, 0.3) is 0 Å². The fourth-order valence-electron chi connectivity index (χ4n) is 2.72. The highest BCUT2D eigenvalue weighted by atomic mass is 16.6. The minimum atomic E-state index is -0.968. The highest BCUT2D eigenvalue weighted by Gasteiger charge is 2.20. The normalized spacial score (nSPS) is 10.7. The Bertz CT molecular complexity index is 1010. The number of benzene rings is 2. The summed E-state index contributed by atoms with van der Waals surface area (Å²) < 4.78 is 11.0. The van der Waals surface area contributed by atoms with Gasteiger partial charge in [-0.1, -0.05) is 6.07 Å². The number of carbonyl (C=O) groups is 1. The molecule has 0 fully saturated rings. The average molecular weight is 356 g/mol. The maximum absolute atomic E-state index is 11.4. The fraction of sp³-hybridized carbons (Fsp3) is 0.167. The molecule has 8 nitrogen and oxygen atoms in total. The maximum Gasteiger partial charge on any atom is 0.313 e. The van der Waals surface area contributed by atoms with Crippen LogP contribution in [-0.4, -0.2) is 28.1 Å². The third kappa shape index (κ3) is 3.44. The van der Waals surface area contributed by atoms with Crippen LogP contribution in [0.3, 0.4) is 0 Å². The second-order valence-corrected chi connectivity index (χ2v) is 5.77. The molecule has 1 aromatic heterocycles. The number of hydrogen-bond donors (Lipinski definition) is 2. The zero-order chi connectivity index (χ0) is 18.8. The second kappa shape index (κ2) is 6.75. The van der Waals surface area contributed by atoms with Crippen molar-refractivity contribution in [1.82, 2.24) is 4.98 Å². The summed E-state index contributed by atoms with van der Waals surface area (Å²) in [6.45, 7) is 1.86. The molecule has 26 heavy (non-hydrogen) atoms. The van der Waals surface area contributed by atoms with E-state index in [9.17, 15) is 14.9 Å². The van der Waals surface area contributed by atoms with Crippen molar-refractivity contribution >= 4 is 22.6 Å². The SMILES string of the molecule is COc1cc(CC(=O)O)ccc1Oc1cc2cc(C)[nH]c2cc1[N+](=O)[O-]. The summed E-state index contributed by atoms with van der Waals surface area (Å²) in [4.78, 5) is 24.8. The molecule has 0 aliphatic heterocycles. The number of aromatic nitrogens is 1. The first-order valence-electron chi connectivity index (χ1n) is 7.71. The van der Waals surface area contributed by atoms with Gasteiger partial charge in [-0.05, 0) is 36.8 Å². The minimum Gasteiger partial charge on any atom is -0.493 e. The van der Waals surface area contributed by atoms with Crippen molar-refractivity contribution < 1.29 is 24.3 Å². The Kier molecular flexibility index (Phi) is 4.49. The predicted octanol–water partition coefficient (Wildman–Crippen LogP) is 3.81. The Morgan fingerprint density at radius 3 is 2.62 bits per heavy atom. The zero-order valence-electron chi connectivity index (χ0n) is 14.1. The molecule has 0 unspecified atom stereocenters. The Labute approximate surface area is 148 Å². The number of fused-ring (bicyclic) bond motifs is 1. The van der Waals surface area contributed by atoms with E-state index in [0.717, 1.165) is 11.1 Å². The molecular formula is C18H16N2O6. The first kappa shape index (κ1) is 17.3. The third-order valence-electron chi connectivity index (χ3n) is 3.83. The molecule has 0 amide bonds. The van der Waals surface area contributed by atoms with Gasteiger partial charge in [-0.15, -0.1) is 0 Å². The number of rotatable bonds is 6. The lowest BCUT2D eigenvalue weighted by Crippen LogP contribution is -2.01. The van der Waals surface area contributed by atoms with Gasteiger partial charge < -0.3 is 19.6 Å². The molecule has 0 aliphatic carbocycles. The van der Waals surface area contributed by atoms with Gasteiger partial charge in [0.2, 0.25) is 5.75 Å². The number of carboxylic acid groups (broad SMARTS) is 1. The van der Waals surface area contributed by atoms with Crippen LogP contribution in [0, 0.1) is 17.0 Å². The van der Waals surface area contributed by atoms with Gasteiger partial charge in [-0.3, -0.25) is 14.9 Å². The van der Waals surface area contributed by atoms with Crippen LogP contribution in [0.5, 0.6) is 17.2 Å². The summed E-state index contributed by atoms with van der Waals surface area (Å²) in [5, 5.41) is 21.1. The molecule has 134 valence electrons. The van der Waals surface area contributed by atoms with Crippen molar-refractivity contribution in [3.05, 3.63) is 57.8 Å². The standard InChI is InChI=1S/C18H16N2O6/c1-10-5-12-8-16(14(20(23)24)9-13(12)19-10)26-15-4-3-11(7-18(21)22)6-17(15)25-2/h3-6,8-9,19H,7H2,1-2H3,(H,21,22). The molecule has 2 N–H and O–H groups in total. The van der Waals surface area contributed by atoms with Crippen molar-refractivity contribution in [2.45, 2.75) is 13.3 Å². The van der Waals surface area contributed by atoms with E-state index in [1.54, 1.807) is 12.1 Å². The number of H-pyrrole nitrogens is 1. The average Bonchev–Trinajstić information content (AvgIpc) is 2.93. The lowest BCUT2D eigenvalue weighted by molar-refractivity contribution is -0.385. The number of aromatic amines is 1. The summed E-state index contributed by atoms with van der Waals surface area (Å²) in [7, 11) is 1.42. The zero-order valence-corrected chi connectivity index (χ0v) is 14.1. The molecule has 3 aromatic rings. The summed E-state index contributed by atoms with van der Waals surface area (Å²) in [6, 6.07) is 9.52. The number of ether oxygens (including phenoxy) is 2. The number of methoxy groups -OCH3 is 1. The Morgan fingerprint density at radius 2 is 1.96 bits per heavy atom. The predicted molar refractivity (Wildman–Crippen MR) is 94.1 cm³/mol. The van der Waals surface area contributed by atoms with Crippen molar-refractivity contribution in [3.63, 3.8) is 0 Å². The van der Waals surface area contributed by atoms with Gasteiger partial charge in [0.1, 0.15) is 0 Å². The maximum atomic E-state index is 11.4. The Balaban J connectivity index is 2.03. The first-order valence-corrected chi connectivity index (χ1v) is 7.71. The van der Waals surface area contributed by atoms with Gasteiger partial charge in [0, 0.05) is 17.1 Å². The Morgan fingerprint density at radius 1 is 1.19 bits per heavy atom. The molecular weight excluding hydrogens is 340 g/mol. The number of hydrogen-bond acceptors (Lipinski definition) is 5. The molecule has 0 radical (unpaired) electrons. The molecule has 2 aromatic carbocycles. The number of nitrogens with one attached hydrogen (secondary N) is 1. The fourth-order valence-corrected chi connectivity index (χ4v) is 2.72. The molecule has 0 saturated carbocycles. The van der Waals surface area contributed by atoms with Gasteiger partial charge in [-0.2, -0.15) is 0 Å². The molecule has 1 heterocycles. The van der Waals surface area contributed by atoms with E-state index < -0.39 is 10.9 Å². The summed E-state index contributed by atoms with van der Waals surface area (Å²) in [5.41, 5.74) is 1.87. The molecule has 0 saturated heterocycles. The summed E-state index contributed by atoms with van der Waals surface area (Å²) >= 11 is 0. The molecule has 0 spiro atoms. The molecule has 0 bridgehead atoms. The molecule has 3 rings (SSSR count). The second-order valence-electron chi connectivity index (χ2n) is 5.77. The molecule has 8 heteroatoms. The van der Waals surface area contributed by atoms with Crippen LogP contribution in [0.15, 0.2) is 36.4 Å². The molecule has 0 atom stereocenters. The summed E-state index contributed by atoms with van der Waals surface area (Å²) in [5.74, 6) is -0.338. The number of nitro groups is 1. The number of carboxylic acids is 1. The first-order chi connectivity index (χ1) is 12.4. The van der Waals surface area contributed by atoms with E-state index in [0.29, 0.717) is 16.8 Å². The van der Waals surface area contributed by atoms with Crippen LogP contribution in [0.1, 0.15) is 11.3 Å². The van der Waals surface area contributed by atoms with Crippen LogP contribution >= 0.6 is 0 Å². The van der Waals surface area contributed by atoms with E-state index in [4.69, 9.17) is 14.6 Å². The number of aryl methyl sites for hydroxylation is 1. The van der Waals surface area contributed by atoms with E-state index in [-0.39, 0.29) is 23.6 Å². The van der Waals surface area contributed by atoms with E-state index in [2.05, 4.69) is 4.98 Å². The molecule has 0 aliphatic rings. The van der Waals surface area contributed by atoms with Gasteiger partial charge in [0.15, 0.2) is 11.5 Å². The lowest BCUT2D eigenvalue weighted by atomic mass is 10.1.